The molecule has 1 unspecified atom stereocenters. The number of carbonyl (C=O) groups excluding carboxylic acids is 1. The number of allylic oxidation sites excluding steroid dienone is 1. The SMILES string of the molecule is CC1(C)C(=O)Cc2[nH]c(C3=C4C=CN(F)C[NH+]4C(Cc4cccc(F)c4F)=N3)cc2N1N. The van der Waals surface area contributed by atoms with E-state index in [9.17, 15) is 18.1 Å². The minimum Gasteiger partial charge on any atom is -0.355 e. The number of hydrazine groups is 1. The minimum atomic E-state index is -0.942. The molecule has 4 heterocycles. The van der Waals surface area contributed by atoms with Crippen LogP contribution in [0.1, 0.15) is 30.8 Å². The number of Topliss-reactive ketones (excluding diaryl/α,β-unsaturated/α-hetero) is 1. The molecule has 0 bridgehead atoms. The largest absolute Gasteiger partial charge is 0.355 e. The molecule has 0 spiro atoms. The summed E-state index contributed by atoms with van der Waals surface area (Å²) in [6.07, 6.45) is 3.11. The van der Waals surface area contributed by atoms with Crippen LogP contribution >= 0.6 is 0 Å². The Morgan fingerprint density at radius 1 is 1.31 bits per heavy atom. The Bertz CT molecular complexity index is 1230. The van der Waals surface area contributed by atoms with Gasteiger partial charge in [-0.3, -0.25) is 9.80 Å². The highest BCUT2D eigenvalue weighted by atomic mass is 19.2. The molecule has 0 saturated carbocycles. The van der Waals surface area contributed by atoms with E-state index in [1.807, 2.05) is 6.07 Å². The first kappa shape index (κ1) is 20.5. The van der Waals surface area contributed by atoms with Crippen LogP contribution in [0.15, 0.2) is 47.2 Å². The molecule has 0 saturated heterocycles. The third-order valence-corrected chi connectivity index (χ3v) is 6.29. The number of rotatable bonds is 3. The Morgan fingerprint density at radius 3 is 2.88 bits per heavy atom. The normalized spacial score (nSPS) is 21.8. The Labute approximate surface area is 182 Å². The summed E-state index contributed by atoms with van der Waals surface area (Å²) in [5, 5.41) is 1.95. The van der Waals surface area contributed by atoms with Crippen LogP contribution in [0, 0.1) is 11.6 Å². The highest BCUT2D eigenvalue weighted by Gasteiger charge is 2.41. The van der Waals surface area contributed by atoms with Gasteiger partial charge in [-0.15, -0.1) is 0 Å². The van der Waals surface area contributed by atoms with Gasteiger partial charge in [0.1, 0.15) is 5.54 Å². The molecule has 2 aromatic rings. The number of anilines is 1. The fraction of sp³-hybridized carbons (Fsp3) is 0.273. The molecular formula is C22H22F3N6O+. The van der Waals surface area contributed by atoms with Gasteiger partial charge >= 0.3 is 0 Å². The van der Waals surface area contributed by atoms with Crippen molar-refractivity contribution in [2.75, 3.05) is 11.7 Å². The Kier molecular flexibility index (Phi) is 4.54. The minimum absolute atomic E-state index is 0.0164. The summed E-state index contributed by atoms with van der Waals surface area (Å²) >= 11 is 0. The lowest BCUT2D eigenvalue weighted by Crippen LogP contribution is -3.13. The zero-order valence-electron chi connectivity index (χ0n) is 17.5. The molecule has 5 rings (SSSR count). The second kappa shape index (κ2) is 7.07. The maximum atomic E-state index is 14.3. The highest BCUT2D eigenvalue weighted by Crippen LogP contribution is 2.36. The van der Waals surface area contributed by atoms with Crippen molar-refractivity contribution >= 4 is 23.0 Å². The molecular weight excluding hydrogens is 421 g/mol. The number of halogens is 3. The fourth-order valence-corrected chi connectivity index (χ4v) is 4.27. The monoisotopic (exact) mass is 443 g/mol. The van der Waals surface area contributed by atoms with E-state index in [2.05, 4.69) is 9.98 Å². The molecule has 7 nitrogen and oxygen atoms in total. The van der Waals surface area contributed by atoms with Crippen molar-refractivity contribution in [1.29, 1.82) is 0 Å². The number of quaternary nitrogens is 1. The van der Waals surface area contributed by atoms with Crippen LogP contribution < -0.4 is 15.8 Å². The van der Waals surface area contributed by atoms with E-state index in [1.54, 1.807) is 19.9 Å². The van der Waals surface area contributed by atoms with Crippen molar-refractivity contribution in [3.8, 4) is 0 Å². The molecule has 1 aromatic carbocycles. The van der Waals surface area contributed by atoms with Crippen molar-refractivity contribution in [2.45, 2.75) is 32.2 Å². The van der Waals surface area contributed by atoms with Gasteiger partial charge in [0.25, 0.3) is 0 Å². The highest BCUT2D eigenvalue weighted by molar-refractivity contribution is 5.97. The second-order valence-electron chi connectivity index (χ2n) is 8.64. The quantitative estimate of drug-likeness (QED) is 0.499. The van der Waals surface area contributed by atoms with Crippen LogP contribution in [0.25, 0.3) is 5.70 Å². The number of nitrogens with zero attached hydrogens (tertiary/aromatic N) is 3. The molecule has 32 heavy (non-hydrogen) atoms. The number of aromatic nitrogens is 1. The van der Waals surface area contributed by atoms with E-state index in [4.69, 9.17) is 5.84 Å². The summed E-state index contributed by atoms with van der Waals surface area (Å²) in [6.45, 7) is 3.47. The number of benzene rings is 1. The zero-order valence-corrected chi connectivity index (χ0v) is 17.5. The van der Waals surface area contributed by atoms with E-state index in [0.717, 1.165) is 6.07 Å². The van der Waals surface area contributed by atoms with E-state index in [0.29, 0.717) is 44.3 Å². The van der Waals surface area contributed by atoms with E-state index in [1.165, 1.54) is 23.3 Å². The number of nitrogens with two attached hydrogens (primary N) is 1. The Morgan fingerprint density at radius 2 is 2.09 bits per heavy atom. The smallest absolute Gasteiger partial charge is 0.213 e. The number of fused-ring (bicyclic) bond motifs is 2. The van der Waals surface area contributed by atoms with Crippen molar-refractivity contribution in [3.63, 3.8) is 0 Å². The molecule has 0 fully saturated rings. The van der Waals surface area contributed by atoms with E-state index in [-0.39, 0.29) is 30.9 Å². The second-order valence-corrected chi connectivity index (χ2v) is 8.64. The van der Waals surface area contributed by atoms with Crippen molar-refractivity contribution in [2.24, 2.45) is 10.8 Å². The van der Waals surface area contributed by atoms with E-state index < -0.39 is 17.2 Å². The molecule has 0 radical (unpaired) electrons. The number of hydrogen-bond acceptors (Lipinski definition) is 5. The standard InChI is InChI=1S/C22H21F3N6O/c1-22(2)18(32)10-14-17(31(22)26)9-15(27-14)21-16-6-7-29(25)11-30(16)19(28-21)8-12-4-3-5-13(23)20(12)24/h3-7,9,27H,8,10-11,26H2,1-2H3/p+1. The lowest BCUT2D eigenvalue weighted by Gasteiger charge is -2.38. The molecule has 1 atom stereocenters. The molecule has 3 aliphatic heterocycles. The third-order valence-electron chi connectivity index (χ3n) is 6.29. The molecule has 0 aliphatic carbocycles. The summed E-state index contributed by atoms with van der Waals surface area (Å²) in [6, 6.07) is 5.78. The van der Waals surface area contributed by atoms with Gasteiger partial charge in [-0.25, -0.2) is 19.5 Å². The average Bonchev–Trinajstić information content (AvgIpc) is 3.31. The van der Waals surface area contributed by atoms with Crippen molar-refractivity contribution in [3.05, 3.63) is 70.8 Å². The lowest BCUT2D eigenvalue weighted by atomic mass is 9.90. The molecule has 3 aliphatic rings. The number of amidine groups is 1. The van der Waals surface area contributed by atoms with Crippen LogP contribution in [-0.4, -0.2) is 33.9 Å². The summed E-state index contributed by atoms with van der Waals surface area (Å²) in [4.78, 5) is 21.0. The van der Waals surface area contributed by atoms with Crippen LogP contribution in [0.3, 0.4) is 0 Å². The van der Waals surface area contributed by atoms with Crippen molar-refractivity contribution < 1.29 is 23.0 Å². The molecule has 0 amide bonds. The first-order chi connectivity index (χ1) is 15.2. The van der Waals surface area contributed by atoms with Gasteiger partial charge in [0.2, 0.25) is 5.84 Å². The first-order valence-electron chi connectivity index (χ1n) is 10.2. The average molecular weight is 443 g/mol. The Hall–Kier alpha value is -3.37. The van der Waals surface area contributed by atoms with Gasteiger partial charge in [-0.2, -0.15) is 10.1 Å². The molecule has 166 valence electrons. The molecule has 10 heteroatoms. The van der Waals surface area contributed by atoms with Gasteiger partial charge in [-0.1, -0.05) is 16.6 Å². The van der Waals surface area contributed by atoms with Crippen LogP contribution in [-0.2, 0) is 17.6 Å². The molecule has 1 aromatic heterocycles. The fourth-order valence-electron chi connectivity index (χ4n) is 4.27. The molecule has 4 N–H and O–H groups in total. The van der Waals surface area contributed by atoms with Gasteiger partial charge < -0.3 is 4.98 Å². The van der Waals surface area contributed by atoms with Gasteiger partial charge in [0.15, 0.2) is 35.5 Å². The summed E-state index contributed by atoms with van der Waals surface area (Å²) < 4.78 is 42.0. The van der Waals surface area contributed by atoms with Crippen LogP contribution in [0.4, 0.5) is 18.9 Å². The zero-order chi connectivity index (χ0) is 22.8. The van der Waals surface area contributed by atoms with Crippen LogP contribution in [0.5, 0.6) is 0 Å². The summed E-state index contributed by atoms with van der Waals surface area (Å²) in [7, 11) is 0. The number of H-pyrrole nitrogens is 1. The van der Waals surface area contributed by atoms with E-state index >= 15 is 0 Å². The topological polar surface area (TPSA) is 82.2 Å². The number of nitrogens with one attached hydrogen (secondary N) is 2. The van der Waals surface area contributed by atoms with Crippen molar-refractivity contribution in [1.82, 2.24) is 10.1 Å². The number of aromatic amines is 1. The first-order valence-corrected chi connectivity index (χ1v) is 10.2. The maximum Gasteiger partial charge on any atom is 0.213 e. The van der Waals surface area contributed by atoms with Gasteiger partial charge in [-0.05, 0) is 26.0 Å². The summed E-state index contributed by atoms with van der Waals surface area (Å²) in [5.41, 5.74) is 2.51. The number of ketones is 1. The number of carbonyl (C=O) groups is 1. The predicted molar refractivity (Wildman–Crippen MR) is 113 cm³/mol. The van der Waals surface area contributed by atoms with Gasteiger partial charge in [0, 0.05) is 23.5 Å². The van der Waals surface area contributed by atoms with Crippen LogP contribution in [0.2, 0.25) is 0 Å². The summed E-state index contributed by atoms with van der Waals surface area (Å²) in [5.74, 6) is 4.78. The number of hydrogen-bond donors (Lipinski definition) is 3. The third kappa shape index (κ3) is 3.06. The van der Waals surface area contributed by atoms with Gasteiger partial charge in [0.05, 0.1) is 24.2 Å². The predicted octanol–water partition coefficient (Wildman–Crippen LogP) is 1.76. The number of aliphatic imine (C=N–C) groups is 1. The Balaban J connectivity index is 1.56. The lowest BCUT2D eigenvalue weighted by molar-refractivity contribution is -0.777. The maximum absolute atomic E-state index is 14.3.